The van der Waals surface area contributed by atoms with Gasteiger partial charge in [-0.15, -0.1) is 0 Å². The summed E-state index contributed by atoms with van der Waals surface area (Å²) in [6.45, 7) is 0.868. The lowest BCUT2D eigenvalue weighted by molar-refractivity contribution is -0.125. The number of hydrogen-bond donors (Lipinski definition) is 0. The van der Waals surface area contributed by atoms with Gasteiger partial charge in [0, 0.05) is 26.3 Å². The average molecular weight is 238 g/mol. The third kappa shape index (κ3) is 2.39. The molecule has 4 nitrogen and oxygen atoms in total. The highest BCUT2D eigenvalue weighted by atomic mass is 19.1. The van der Waals surface area contributed by atoms with Crippen LogP contribution in [0, 0.1) is 5.82 Å². The summed E-state index contributed by atoms with van der Waals surface area (Å²) in [6.07, 6.45) is 0. The molecular formula is C12H15FN2O2. The van der Waals surface area contributed by atoms with E-state index < -0.39 is 0 Å². The third-order valence-electron chi connectivity index (χ3n) is 2.72. The Kier molecular flexibility index (Phi) is 3.28. The number of morpholine rings is 1. The van der Waals surface area contributed by atoms with Crippen LogP contribution < -0.4 is 9.80 Å². The maximum absolute atomic E-state index is 13.9. The van der Waals surface area contributed by atoms with Crippen LogP contribution in [0.2, 0.25) is 0 Å². The predicted molar refractivity (Wildman–Crippen MR) is 63.9 cm³/mol. The van der Waals surface area contributed by atoms with E-state index in [1.54, 1.807) is 12.1 Å². The van der Waals surface area contributed by atoms with E-state index >= 15 is 0 Å². The first-order chi connectivity index (χ1) is 8.09. The fraction of sp³-hybridized carbons (Fsp3) is 0.417. The molecule has 2 rings (SSSR count). The number of carbonyl (C=O) groups excluding carboxylic acids is 1. The minimum absolute atomic E-state index is 0.0227. The SMILES string of the molecule is CN(C)c1ccc(N2CCOCC2=O)c(F)c1. The maximum atomic E-state index is 13.9. The Morgan fingerprint density at radius 2 is 2.18 bits per heavy atom. The van der Waals surface area contributed by atoms with Crippen LogP contribution in [0.5, 0.6) is 0 Å². The Labute approximate surface area is 99.6 Å². The normalized spacial score (nSPS) is 16.2. The summed E-state index contributed by atoms with van der Waals surface area (Å²) < 4.78 is 18.9. The molecule has 0 radical (unpaired) electrons. The second-order valence-electron chi connectivity index (χ2n) is 4.13. The van der Waals surface area contributed by atoms with Crippen LogP contribution >= 0.6 is 0 Å². The van der Waals surface area contributed by atoms with Gasteiger partial charge in [-0.1, -0.05) is 0 Å². The summed E-state index contributed by atoms with van der Waals surface area (Å²) in [5.74, 6) is -0.584. The van der Waals surface area contributed by atoms with E-state index in [1.165, 1.54) is 11.0 Å². The molecule has 1 aromatic rings. The van der Waals surface area contributed by atoms with Gasteiger partial charge < -0.3 is 14.5 Å². The zero-order valence-electron chi connectivity index (χ0n) is 9.94. The molecule has 92 valence electrons. The molecule has 5 heteroatoms. The lowest BCUT2D eigenvalue weighted by atomic mass is 10.2. The quantitative estimate of drug-likeness (QED) is 0.777. The van der Waals surface area contributed by atoms with Gasteiger partial charge in [0.25, 0.3) is 5.91 Å². The van der Waals surface area contributed by atoms with Crippen LogP contribution in [0.3, 0.4) is 0 Å². The van der Waals surface area contributed by atoms with Gasteiger partial charge in [-0.2, -0.15) is 0 Å². The Morgan fingerprint density at radius 1 is 1.41 bits per heavy atom. The van der Waals surface area contributed by atoms with E-state index in [4.69, 9.17) is 4.74 Å². The largest absolute Gasteiger partial charge is 0.378 e. The zero-order valence-corrected chi connectivity index (χ0v) is 9.94. The second-order valence-corrected chi connectivity index (χ2v) is 4.13. The zero-order chi connectivity index (χ0) is 12.4. The number of carbonyl (C=O) groups is 1. The van der Waals surface area contributed by atoms with Gasteiger partial charge in [0.2, 0.25) is 0 Å². The molecule has 1 saturated heterocycles. The summed E-state index contributed by atoms with van der Waals surface area (Å²) >= 11 is 0. The Bertz CT molecular complexity index is 435. The molecule has 1 fully saturated rings. The molecule has 0 aromatic heterocycles. The monoisotopic (exact) mass is 238 g/mol. The summed E-state index contributed by atoms with van der Waals surface area (Å²) in [5.41, 5.74) is 1.09. The van der Waals surface area contributed by atoms with Crippen LogP contribution in [-0.2, 0) is 9.53 Å². The van der Waals surface area contributed by atoms with Gasteiger partial charge in [0.15, 0.2) is 0 Å². The maximum Gasteiger partial charge on any atom is 0.253 e. The first-order valence-electron chi connectivity index (χ1n) is 5.44. The van der Waals surface area contributed by atoms with Crippen molar-refractivity contribution in [1.29, 1.82) is 0 Å². The lowest BCUT2D eigenvalue weighted by Crippen LogP contribution is -2.42. The highest BCUT2D eigenvalue weighted by Gasteiger charge is 2.22. The number of ether oxygens (including phenoxy) is 1. The smallest absolute Gasteiger partial charge is 0.253 e. The Balaban J connectivity index is 2.29. The minimum Gasteiger partial charge on any atom is -0.378 e. The van der Waals surface area contributed by atoms with Crippen LogP contribution in [0.15, 0.2) is 18.2 Å². The molecule has 1 aliphatic heterocycles. The van der Waals surface area contributed by atoms with Gasteiger partial charge in [0.05, 0.1) is 12.3 Å². The van der Waals surface area contributed by atoms with Gasteiger partial charge in [-0.25, -0.2) is 4.39 Å². The van der Waals surface area contributed by atoms with Crippen molar-refractivity contribution in [3.8, 4) is 0 Å². The molecule has 0 atom stereocenters. The predicted octanol–water partition coefficient (Wildman–Crippen LogP) is 1.25. The third-order valence-corrected chi connectivity index (χ3v) is 2.72. The molecule has 0 N–H and O–H groups in total. The van der Waals surface area contributed by atoms with Gasteiger partial charge in [-0.3, -0.25) is 4.79 Å². The number of nitrogens with zero attached hydrogens (tertiary/aromatic N) is 2. The Morgan fingerprint density at radius 3 is 2.76 bits per heavy atom. The number of rotatable bonds is 2. The molecule has 0 aliphatic carbocycles. The molecule has 0 spiro atoms. The fourth-order valence-corrected chi connectivity index (χ4v) is 1.77. The number of anilines is 2. The van der Waals surface area contributed by atoms with Crippen molar-refractivity contribution in [3.05, 3.63) is 24.0 Å². The fourth-order valence-electron chi connectivity index (χ4n) is 1.77. The second kappa shape index (κ2) is 4.71. The highest BCUT2D eigenvalue weighted by molar-refractivity contribution is 5.95. The highest BCUT2D eigenvalue weighted by Crippen LogP contribution is 2.25. The Hall–Kier alpha value is -1.62. The standard InChI is InChI=1S/C12H15FN2O2/c1-14(2)9-3-4-11(10(13)7-9)15-5-6-17-8-12(15)16/h3-4,7H,5-6,8H2,1-2H3. The van der Waals surface area contributed by atoms with E-state index in [1.807, 2.05) is 19.0 Å². The van der Waals surface area contributed by atoms with Gasteiger partial charge >= 0.3 is 0 Å². The van der Waals surface area contributed by atoms with E-state index in [0.717, 1.165) is 5.69 Å². The molecule has 1 heterocycles. The van der Waals surface area contributed by atoms with E-state index in [2.05, 4.69) is 0 Å². The summed E-state index contributed by atoms with van der Waals surface area (Å²) in [5, 5.41) is 0. The van der Waals surface area contributed by atoms with Crippen LogP contribution in [0.1, 0.15) is 0 Å². The molecule has 1 aromatic carbocycles. The number of hydrogen-bond acceptors (Lipinski definition) is 3. The van der Waals surface area contributed by atoms with Crippen molar-refractivity contribution in [1.82, 2.24) is 0 Å². The van der Waals surface area contributed by atoms with Gasteiger partial charge in [0.1, 0.15) is 12.4 Å². The van der Waals surface area contributed by atoms with E-state index in [0.29, 0.717) is 18.8 Å². The average Bonchev–Trinajstić information content (AvgIpc) is 2.30. The molecule has 1 aliphatic rings. The summed E-state index contributed by atoms with van der Waals surface area (Å²) in [7, 11) is 3.68. The molecule has 0 unspecified atom stereocenters. The number of benzene rings is 1. The molecular weight excluding hydrogens is 223 g/mol. The van der Waals surface area contributed by atoms with Crippen molar-refractivity contribution in [2.24, 2.45) is 0 Å². The van der Waals surface area contributed by atoms with E-state index in [-0.39, 0.29) is 18.3 Å². The summed E-state index contributed by atoms with van der Waals surface area (Å²) in [4.78, 5) is 14.8. The van der Waals surface area contributed by atoms with Crippen molar-refractivity contribution >= 4 is 17.3 Å². The number of amides is 1. The lowest BCUT2D eigenvalue weighted by Gasteiger charge is -2.27. The number of halogens is 1. The van der Waals surface area contributed by atoms with Gasteiger partial charge in [-0.05, 0) is 18.2 Å². The van der Waals surface area contributed by atoms with Crippen LogP contribution in [0.25, 0.3) is 0 Å². The van der Waals surface area contributed by atoms with Crippen molar-refractivity contribution in [2.45, 2.75) is 0 Å². The minimum atomic E-state index is -0.383. The van der Waals surface area contributed by atoms with Crippen molar-refractivity contribution in [3.63, 3.8) is 0 Å². The van der Waals surface area contributed by atoms with Crippen LogP contribution in [-0.4, -0.2) is 39.8 Å². The molecule has 0 saturated carbocycles. The van der Waals surface area contributed by atoms with E-state index in [9.17, 15) is 9.18 Å². The molecule has 1 amide bonds. The van der Waals surface area contributed by atoms with Crippen molar-refractivity contribution < 1.29 is 13.9 Å². The first-order valence-corrected chi connectivity index (χ1v) is 5.44. The first kappa shape index (κ1) is 11.9. The molecule has 0 bridgehead atoms. The van der Waals surface area contributed by atoms with Crippen LogP contribution in [0.4, 0.5) is 15.8 Å². The molecule has 17 heavy (non-hydrogen) atoms. The van der Waals surface area contributed by atoms with Crippen molar-refractivity contribution in [2.75, 3.05) is 43.7 Å². The summed E-state index contributed by atoms with van der Waals surface area (Å²) in [6, 6.07) is 4.85. The topological polar surface area (TPSA) is 32.8 Å².